The molecule has 1 aromatic carbocycles. The van der Waals surface area contributed by atoms with Crippen molar-refractivity contribution in [2.24, 2.45) is 0 Å². The van der Waals surface area contributed by atoms with E-state index in [0.29, 0.717) is 0 Å². The Balaban J connectivity index is 2.22. The van der Waals surface area contributed by atoms with E-state index in [1.54, 1.807) is 0 Å². The number of anilines is 2. The molecule has 0 atom stereocenters. The van der Waals surface area contributed by atoms with E-state index < -0.39 is 5.91 Å². The molecule has 0 fully saturated rings. The minimum Gasteiger partial charge on any atom is -0.508 e. The van der Waals surface area contributed by atoms with Crippen molar-refractivity contribution in [2.75, 3.05) is 11.1 Å². The van der Waals surface area contributed by atoms with Crippen molar-refractivity contribution < 1.29 is 19.4 Å². The Labute approximate surface area is 95.5 Å². The first-order valence-corrected chi connectivity index (χ1v) is 4.61. The number of carbonyl (C=O) groups is 1. The molecule has 5 N–H and O–H groups in total. The van der Waals surface area contributed by atoms with Crippen molar-refractivity contribution in [3.63, 3.8) is 0 Å². The number of carbonyl (C=O) groups excluding carboxylic acids is 1. The molecule has 0 unspecified atom stereocenters. The number of nitrogens with one attached hydrogen (secondary N) is 1. The van der Waals surface area contributed by atoms with Gasteiger partial charge >= 0.3 is 6.01 Å². The predicted octanol–water partition coefficient (Wildman–Crippen LogP) is 0.920. The molecule has 17 heavy (non-hydrogen) atoms. The van der Waals surface area contributed by atoms with Crippen LogP contribution in [0.2, 0.25) is 0 Å². The third kappa shape index (κ3) is 2.28. The average molecular weight is 235 g/mol. The highest BCUT2D eigenvalue weighted by atomic mass is 16.4. The van der Waals surface area contributed by atoms with Crippen LogP contribution in [0.15, 0.2) is 28.8 Å². The number of aromatic nitrogens is 1. The number of benzene rings is 1. The topological polar surface area (TPSA) is 122 Å². The van der Waals surface area contributed by atoms with Gasteiger partial charge in [0.2, 0.25) is 5.88 Å². The van der Waals surface area contributed by atoms with Gasteiger partial charge < -0.3 is 20.4 Å². The highest BCUT2D eigenvalue weighted by Gasteiger charge is 2.14. The zero-order valence-corrected chi connectivity index (χ0v) is 8.54. The summed E-state index contributed by atoms with van der Waals surface area (Å²) < 4.78 is 4.84. The summed E-state index contributed by atoms with van der Waals surface area (Å²) in [6.07, 6.45) is 1.23. The van der Waals surface area contributed by atoms with Crippen LogP contribution in [0.4, 0.5) is 11.9 Å². The van der Waals surface area contributed by atoms with Crippen LogP contribution in [-0.4, -0.2) is 21.1 Å². The zero-order chi connectivity index (χ0) is 12.4. The SMILES string of the molecule is Nc1cnc(NC(=O)c2cc(O)ccc2O)o1. The molecule has 1 aromatic heterocycles. The van der Waals surface area contributed by atoms with Gasteiger partial charge in [-0.3, -0.25) is 10.1 Å². The fraction of sp³-hybridized carbons (Fsp3) is 0. The maximum Gasteiger partial charge on any atom is 0.303 e. The lowest BCUT2D eigenvalue weighted by atomic mass is 10.2. The van der Waals surface area contributed by atoms with Crippen LogP contribution in [0.25, 0.3) is 0 Å². The maximum absolute atomic E-state index is 11.7. The number of nitrogens with zero attached hydrogens (tertiary/aromatic N) is 1. The van der Waals surface area contributed by atoms with Crippen LogP contribution in [0, 0.1) is 0 Å². The summed E-state index contributed by atoms with van der Waals surface area (Å²) in [6.45, 7) is 0. The summed E-state index contributed by atoms with van der Waals surface area (Å²) in [4.78, 5) is 15.3. The third-order valence-electron chi connectivity index (χ3n) is 1.97. The number of aromatic hydroxyl groups is 2. The fourth-order valence-corrected chi connectivity index (χ4v) is 1.21. The first kappa shape index (κ1) is 10.8. The number of nitrogen functional groups attached to an aromatic ring is 1. The van der Waals surface area contributed by atoms with Crippen molar-refractivity contribution >= 4 is 17.8 Å². The molecule has 0 aliphatic carbocycles. The van der Waals surface area contributed by atoms with Gasteiger partial charge in [-0.15, -0.1) is 0 Å². The van der Waals surface area contributed by atoms with Gasteiger partial charge in [-0.2, -0.15) is 4.98 Å². The Bertz CT molecular complexity index is 564. The van der Waals surface area contributed by atoms with Gasteiger partial charge in [0, 0.05) is 0 Å². The number of hydrogen-bond acceptors (Lipinski definition) is 6. The summed E-state index contributed by atoms with van der Waals surface area (Å²) in [5, 5.41) is 20.9. The van der Waals surface area contributed by atoms with Crippen LogP contribution < -0.4 is 11.1 Å². The Morgan fingerprint density at radius 2 is 2.18 bits per heavy atom. The molecule has 0 saturated heterocycles. The number of nitrogens with two attached hydrogens (primary N) is 1. The summed E-state index contributed by atoms with van der Waals surface area (Å²) in [5.41, 5.74) is 5.18. The van der Waals surface area contributed by atoms with E-state index >= 15 is 0 Å². The molecule has 0 radical (unpaired) electrons. The van der Waals surface area contributed by atoms with Crippen molar-refractivity contribution in [2.45, 2.75) is 0 Å². The highest BCUT2D eigenvalue weighted by molar-refractivity contribution is 6.05. The summed E-state index contributed by atoms with van der Waals surface area (Å²) in [6, 6.07) is 3.50. The molecule has 0 bridgehead atoms. The van der Waals surface area contributed by atoms with Gasteiger partial charge in [0.1, 0.15) is 11.5 Å². The maximum atomic E-state index is 11.7. The molecular weight excluding hydrogens is 226 g/mol. The standard InChI is InChI=1S/C10H9N3O4/c11-8-4-12-10(17-8)13-9(16)6-3-5(14)1-2-7(6)15/h1-4,14-15H,11H2,(H,12,13,16). The first-order chi connectivity index (χ1) is 8.06. The molecule has 7 nitrogen and oxygen atoms in total. The average Bonchev–Trinajstić information content (AvgIpc) is 2.67. The molecule has 1 amide bonds. The second-order valence-electron chi connectivity index (χ2n) is 3.22. The van der Waals surface area contributed by atoms with E-state index in [0.717, 1.165) is 6.07 Å². The Hall–Kier alpha value is -2.70. The van der Waals surface area contributed by atoms with Crippen LogP contribution in [0.3, 0.4) is 0 Å². The van der Waals surface area contributed by atoms with E-state index in [2.05, 4.69) is 10.3 Å². The lowest BCUT2D eigenvalue weighted by Crippen LogP contribution is -2.12. The summed E-state index contributed by atoms with van der Waals surface area (Å²) in [5.74, 6) is -1.01. The van der Waals surface area contributed by atoms with Gasteiger partial charge in [0.25, 0.3) is 5.91 Å². The highest BCUT2D eigenvalue weighted by Crippen LogP contribution is 2.23. The number of oxazole rings is 1. The van der Waals surface area contributed by atoms with Crippen LogP contribution in [0.5, 0.6) is 11.5 Å². The van der Waals surface area contributed by atoms with Gasteiger partial charge in [-0.25, -0.2) is 0 Å². The molecule has 2 aromatic rings. The molecule has 1 heterocycles. The minimum atomic E-state index is -0.666. The van der Waals surface area contributed by atoms with E-state index in [1.807, 2.05) is 0 Å². The first-order valence-electron chi connectivity index (χ1n) is 4.61. The van der Waals surface area contributed by atoms with Crippen LogP contribution in [0.1, 0.15) is 10.4 Å². The third-order valence-corrected chi connectivity index (χ3v) is 1.97. The quantitative estimate of drug-likeness (QED) is 0.574. The van der Waals surface area contributed by atoms with E-state index in [1.165, 1.54) is 18.3 Å². The number of phenols is 2. The minimum absolute atomic E-state index is 0.0560. The molecule has 7 heteroatoms. The number of phenolic OH excluding ortho intramolecular Hbond substituents is 2. The smallest absolute Gasteiger partial charge is 0.303 e. The number of hydrogen-bond donors (Lipinski definition) is 4. The molecule has 88 valence electrons. The monoisotopic (exact) mass is 235 g/mol. The summed E-state index contributed by atoms with van der Waals surface area (Å²) >= 11 is 0. The summed E-state index contributed by atoms with van der Waals surface area (Å²) in [7, 11) is 0. The van der Waals surface area contributed by atoms with Crippen LogP contribution >= 0.6 is 0 Å². The molecule has 0 spiro atoms. The van der Waals surface area contributed by atoms with Gasteiger partial charge in [0.05, 0.1) is 11.8 Å². The van der Waals surface area contributed by atoms with Gasteiger partial charge in [-0.05, 0) is 18.2 Å². The van der Waals surface area contributed by atoms with Crippen molar-refractivity contribution in [1.82, 2.24) is 4.98 Å². The van der Waals surface area contributed by atoms with Gasteiger partial charge in [-0.1, -0.05) is 0 Å². The Kier molecular flexibility index (Phi) is 2.57. The zero-order valence-electron chi connectivity index (χ0n) is 8.54. The molecule has 0 saturated carbocycles. The number of amides is 1. The van der Waals surface area contributed by atoms with Crippen LogP contribution in [-0.2, 0) is 0 Å². The molecular formula is C10H9N3O4. The van der Waals surface area contributed by atoms with E-state index in [9.17, 15) is 15.0 Å². The van der Waals surface area contributed by atoms with E-state index in [4.69, 9.17) is 10.2 Å². The lowest BCUT2D eigenvalue weighted by molar-refractivity contribution is 0.102. The predicted molar refractivity (Wildman–Crippen MR) is 58.6 cm³/mol. The second kappa shape index (κ2) is 4.05. The fourth-order valence-electron chi connectivity index (χ4n) is 1.21. The molecule has 0 aliphatic heterocycles. The van der Waals surface area contributed by atoms with Gasteiger partial charge in [0.15, 0.2) is 0 Å². The number of rotatable bonds is 2. The van der Waals surface area contributed by atoms with Crippen molar-refractivity contribution in [1.29, 1.82) is 0 Å². The molecule has 2 rings (SSSR count). The largest absolute Gasteiger partial charge is 0.508 e. The normalized spacial score (nSPS) is 10.1. The second-order valence-corrected chi connectivity index (χ2v) is 3.22. The molecule has 0 aliphatic rings. The Morgan fingerprint density at radius 1 is 1.41 bits per heavy atom. The lowest BCUT2D eigenvalue weighted by Gasteiger charge is -2.03. The Morgan fingerprint density at radius 3 is 2.82 bits per heavy atom. The van der Waals surface area contributed by atoms with Crippen molar-refractivity contribution in [3.8, 4) is 11.5 Å². The van der Waals surface area contributed by atoms with Crippen molar-refractivity contribution in [3.05, 3.63) is 30.0 Å². The van der Waals surface area contributed by atoms with E-state index in [-0.39, 0.29) is 29.0 Å².